The van der Waals surface area contributed by atoms with Gasteiger partial charge in [0.15, 0.2) is 0 Å². The number of carbonyl (C=O) groups is 4. The Hall–Kier alpha value is -2.58. The number of rotatable bonds is 21. The van der Waals surface area contributed by atoms with Crippen LogP contribution in [0.4, 0.5) is 0 Å². The van der Waals surface area contributed by atoms with Gasteiger partial charge in [0.25, 0.3) is 0 Å². The van der Waals surface area contributed by atoms with Crippen LogP contribution in [0.2, 0.25) is 0 Å². The number of nitrogens with one attached hydrogen (secondary N) is 3. The minimum Gasteiger partial charge on any atom is -0.380 e. The van der Waals surface area contributed by atoms with E-state index in [-0.39, 0.29) is 53.9 Å². The molecule has 1 unspecified atom stereocenters. The smallest absolute Gasteiger partial charge is 0.245 e. The van der Waals surface area contributed by atoms with E-state index in [2.05, 4.69) is 16.0 Å². The maximum absolute atomic E-state index is 14.2. The monoisotopic (exact) mass is 723 g/mol. The first-order valence-corrected chi connectivity index (χ1v) is 19.0. The molecule has 12 nitrogen and oxygen atoms in total. The van der Waals surface area contributed by atoms with Crippen LogP contribution in [0.15, 0.2) is 17.5 Å². The first-order chi connectivity index (χ1) is 23.7. The van der Waals surface area contributed by atoms with Crippen molar-refractivity contribution in [2.75, 3.05) is 48.5 Å². The van der Waals surface area contributed by atoms with E-state index >= 15 is 0 Å². The van der Waals surface area contributed by atoms with Gasteiger partial charge in [-0.1, -0.05) is 61.0 Å². The van der Waals surface area contributed by atoms with Gasteiger partial charge in [-0.15, -0.1) is 11.3 Å². The SMILES string of the molecule is CCC(C)[C@@H]([C@H](CC(=O)N1C[C@H](OC)C[C@H]1[C@H](OC)[C@@H](C)C(=O)NCCc1cccs1)OC)N(C)C(=O)[C@@H](NC(=O)[C@@H](NC)C(C)C)C(C)C. The summed E-state index contributed by atoms with van der Waals surface area (Å²) in [6.45, 7) is 14.5. The third-order valence-corrected chi connectivity index (χ3v) is 11.3. The molecule has 0 aromatic carbocycles. The van der Waals surface area contributed by atoms with E-state index in [9.17, 15) is 19.2 Å². The fourth-order valence-electron chi connectivity index (χ4n) is 7.13. The molecule has 1 aromatic heterocycles. The van der Waals surface area contributed by atoms with Gasteiger partial charge in [0.05, 0.1) is 48.8 Å². The Morgan fingerprint density at radius 1 is 1.00 bits per heavy atom. The van der Waals surface area contributed by atoms with Crippen molar-refractivity contribution in [3.05, 3.63) is 22.4 Å². The predicted molar refractivity (Wildman–Crippen MR) is 198 cm³/mol. The number of hydrogen-bond acceptors (Lipinski definition) is 9. The van der Waals surface area contributed by atoms with Gasteiger partial charge >= 0.3 is 0 Å². The first-order valence-electron chi connectivity index (χ1n) is 18.1. The summed E-state index contributed by atoms with van der Waals surface area (Å²) in [4.78, 5) is 59.4. The number of thiophene rings is 1. The van der Waals surface area contributed by atoms with Gasteiger partial charge in [0, 0.05) is 46.3 Å². The molecule has 0 aliphatic carbocycles. The molecule has 9 atom stereocenters. The van der Waals surface area contributed by atoms with Gasteiger partial charge in [-0.25, -0.2) is 0 Å². The van der Waals surface area contributed by atoms with Gasteiger partial charge in [0.1, 0.15) is 6.04 Å². The van der Waals surface area contributed by atoms with Crippen LogP contribution in [0.5, 0.6) is 0 Å². The molecule has 286 valence electrons. The average Bonchev–Trinajstić information content (AvgIpc) is 3.77. The van der Waals surface area contributed by atoms with Crippen molar-refractivity contribution < 1.29 is 33.4 Å². The Kier molecular flexibility index (Phi) is 18.4. The van der Waals surface area contributed by atoms with Crippen LogP contribution in [-0.4, -0.2) is 124 Å². The van der Waals surface area contributed by atoms with Crippen molar-refractivity contribution in [3.8, 4) is 0 Å². The van der Waals surface area contributed by atoms with Crippen LogP contribution >= 0.6 is 11.3 Å². The highest BCUT2D eigenvalue weighted by Gasteiger charge is 2.45. The number of methoxy groups -OCH3 is 3. The standard InChI is InChI=1S/C37H65N5O7S/c1-13-24(6)33(41(9)37(46)32(23(4)5)40-36(45)31(38-8)22(2)3)29(48-11)20-30(43)42-21-26(47-10)19-28(42)34(49-12)25(7)35(44)39-17-16-27-15-14-18-50-27/h14-15,18,22-26,28-29,31-34,38H,13,16-17,19-21H2,1-12H3,(H,39,44)(H,40,45)/t24?,25-,26-,28+,29+,31+,32+,33+,34-/m1/s1. The van der Waals surface area contributed by atoms with Gasteiger partial charge in [-0.3, -0.25) is 19.2 Å². The van der Waals surface area contributed by atoms with E-state index < -0.39 is 42.3 Å². The molecule has 13 heteroatoms. The van der Waals surface area contributed by atoms with Crippen LogP contribution in [0.3, 0.4) is 0 Å². The largest absolute Gasteiger partial charge is 0.380 e. The fourth-order valence-corrected chi connectivity index (χ4v) is 7.83. The Labute approximate surface area is 304 Å². The molecule has 0 bridgehead atoms. The molecule has 0 spiro atoms. The highest BCUT2D eigenvalue weighted by Crippen LogP contribution is 2.31. The number of amides is 4. The summed E-state index contributed by atoms with van der Waals surface area (Å²) in [6, 6.07) is 2.00. The molecule has 1 aliphatic heterocycles. The van der Waals surface area contributed by atoms with E-state index in [1.165, 1.54) is 4.88 Å². The van der Waals surface area contributed by atoms with E-state index in [1.807, 2.05) is 66.0 Å². The zero-order valence-corrected chi connectivity index (χ0v) is 33.3. The van der Waals surface area contributed by atoms with Crippen molar-refractivity contribution in [2.24, 2.45) is 23.7 Å². The van der Waals surface area contributed by atoms with E-state index in [0.717, 1.165) is 12.8 Å². The number of likely N-dealkylation sites (N-methyl/N-ethyl adjacent to an activating group) is 2. The van der Waals surface area contributed by atoms with Crippen LogP contribution in [0.1, 0.15) is 72.6 Å². The van der Waals surface area contributed by atoms with Gasteiger partial charge < -0.3 is 40.0 Å². The minimum atomic E-state index is -0.757. The van der Waals surface area contributed by atoms with Crippen molar-refractivity contribution >= 4 is 35.0 Å². The molecular formula is C37H65N5O7S. The lowest BCUT2D eigenvalue weighted by Crippen LogP contribution is -2.59. The second-order valence-electron chi connectivity index (χ2n) is 14.4. The van der Waals surface area contributed by atoms with Crippen molar-refractivity contribution in [1.29, 1.82) is 0 Å². The summed E-state index contributed by atoms with van der Waals surface area (Å²) in [7, 11) is 8.23. The number of hydrogen-bond donors (Lipinski definition) is 3. The Balaban J connectivity index is 2.28. The summed E-state index contributed by atoms with van der Waals surface area (Å²) >= 11 is 1.66. The predicted octanol–water partition coefficient (Wildman–Crippen LogP) is 3.34. The molecule has 1 aromatic rings. The first kappa shape index (κ1) is 43.6. The molecule has 1 aliphatic rings. The summed E-state index contributed by atoms with van der Waals surface area (Å²) in [5.74, 6) is -1.42. The fraction of sp³-hybridized carbons (Fsp3) is 0.784. The molecule has 50 heavy (non-hydrogen) atoms. The lowest BCUT2D eigenvalue weighted by Gasteiger charge is -2.41. The number of carbonyl (C=O) groups excluding carboxylic acids is 4. The molecule has 4 amide bonds. The van der Waals surface area contributed by atoms with Gasteiger partial charge in [-0.2, -0.15) is 0 Å². The second kappa shape index (κ2) is 21.1. The quantitative estimate of drug-likeness (QED) is 0.176. The zero-order valence-electron chi connectivity index (χ0n) is 32.5. The maximum Gasteiger partial charge on any atom is 0.245 e. The van der Waals surface area contributed by atoms with Crippen LogP contribution < -0.4 is 16.0 Å². The highest BCUT2D eigenvalue weighted by atomic mass is 32.1. The molecule has 0 saturated carbocycles. The summed E-state index contributed by atoms with van der Waals surface area (Å²) in [6.07, 6.45) is 0.636. The van der Waals surface area contributed by atoms with E-state index in [0.29, 0.717) is 19.5 Å². The second-order valence-corrected chi connectivity index (χ2v) is 15.4. The molecule has 0 radical (unpaired) electrons. The van der Waals surface area contributed by atoms with Crippen molar-refractivity contribution in [2.45, 2.75) is 117 Å². The van der Waals surface area contributed by atoms with Gasteiger partial charge in [0.2, 0.25) is 23.6 Å². The van der Waals surface area contributed by atoms with Crippen LogP contribution in [0.25, 0.3) is 0 Å². The van der Waals surface area contributed by atoms with Gasteiger partial charge in [-0.05, 0) is 49.1 Å². The van der Waals surface area contributed by atoms with Crippen LogP contribution in [-0.2, 0) is 39.8 Å². The van der Waals surface area contributed by atoms with Crippen molar-refractivity contribution in [3.63, 3.8) is 0 Å². The Morgan fingerprint density at radius 2 is 1.66 bits per heavy atom. The lowest BCUT2D eigenvalue weighted by molar-refractivity contribution is -0.147. The zero-order chi connectivity index (χ0) is 37.7. The molecule has 3 N–H and O–H groups in total. The number of nitrogens with zero attached hydrogens (tertiary/aromatic N) is 2. The van der Waals surface area contributed by atoms with E-state index in [1.54, 1.807) is 56.6 Å². The third-order valence-electron chi connectivity index (χ3n) is 10.3. The normalized spacial score (nSPS) is 20.6. The topological polar surface area (TPSA) is 139 Å². The number of ether oxygens (including phenoxy) is 3. The molecule has 2 heterocycles. The minimum absolute atomic E-state index is 0.0156. The Bertz CT molecular complexity index is 1200. The summed E-state index contributed by atoms with van der Waals surface area (Å²) in [5.41, 5.74) is 0. The summed E-state index contributed by atoms with van der Waals surface area (Å²) < 4.78 is 17.7. The number of likely N-dealkylation sites (tertiary alicyclic amines) is 1. The molecular weight excluding hydrogens is 659 g/mol. The average molecular weight is 724 g/mol. The Morgan fingerprint density at radius 3 is 2.16 bits per heavy atom. The third kappa shape index (κ3) is 11.5. The van der Waals surface area contributed by atoms with Crippen molar-refractivity contribution in [1.82, 2.24) is 25.8 Å². The van der Waals surface area contributed by atoms with E-state index in [4.69, 9.17) is 14.2 Å². The summed E-state index contributed by atoms with van der Waals surface area (Å²) in [5, 5.41) is 11.1. The maximum atomic E-state index is 14.2. The lowest BCUT2D eigenvalue weighted by atomic mass is 9.89. The molecule has 2 rings (SSSR count). The highest BCUT2D eigenvalue weighted by molar-refractivity contribution is 7.09. The molecule has 1 fully saturated rings. The molecule has 1 saturated heterocycles. The van der Waals surface area contributed by atoms with Crippen LogP contribution in [0, 0.1) is 23.7 Å².